The summed E-state index contributed by atoms with van der Waals surface area (Å²) in [5, 5.41) is 5.94. The maximum Gasteiger partial charge on any atom is 0.254 e. The summed E-state index contributed by atoms with van der Waals surface area (Å²) in [7, 11) is 3.91. The molecule has 0 spiro atoms. The Balaban J connectivity index is 1.51. The molecule has 2 heterocycles. The maximum absolute atomic E-state index is 12.0. The van der Waals surface area contributed by atoms with Crippen LogP contribution in [0.2, 0.25) is 0 Å². The number of amides is 1. The molecule has 0 fully saturated rings. The van der Waals surface area contributed by atoms with Crippen LogP contribution in [0.25, 0.3) is 0 Å². The van der Waals surface area contributed by atoms with E-state index in [4.69, 9.17) is 9.47 Å². The lowest BCUT2D eigenvalue weighted by atomic mass is 10.2. The Morgan fingerprint density at radius 2 is 1.96 bits per heavy atom. The highest BCUT2D eigenvalue weighted by atomic mass is 16.7. The van der Waals surface area contributed by atoms with Crippen LogP contribution in [0.3, 0.4) is 0 Å². The zero-order valence-corrected chi connectivity index (χ0v) is 14.3. The fourth-order valence-electron chi connectivity index (χ4n) is 2.26. The summed E-state index contributed by atoms with van der Waals surface area (Å²) >= 11 is 0. The zero-order chi connectivity index (χ0) is 17.6. The molecule has 25 heavy (non-hydrogen) atoms. The molecule has 1 aromatic carbocycles. The third kappa shape index (κ3) is 4.57. The number of ether oxygens (including phenoxy) is 2. The Bertz CT molecular complexity index is 734. The van der Waals surface area contributed by atoms with Crippen molar-refractivity contribution in [3.8, 4) is 11.5 Å². The van der Waals surface area contributed by atoms with Crippen molar-refractivity contribution >= 4 is 11.9 Å². The van der Waals surface area contributed by atoms with Gasteiger partial charge in [0.2, 0.25) is 12.7 Å². The first-order chi connectivity index (χ1) is 12.1. The van der Waals surface area contributed by atoms with Crippen LogP contribution in [0.15, 0.2) is 30.6 Å². The minimum absolute atomic E-state index is 0.177. The van der Waals surface area contributed by atoms with Crippen molar-refractivity contribution in [2.45, 2.75) is 6.54 Å². The second kappa shape index (κ2) is 7.80. The number of aromatic nitrogens is 2. The van der Waals surface area contributed by atoms with Gasteiger partial charge < -0.3 is 25.0 Å². The van der Waals surface area contributed by atoms with Gasteiger partial charge in [-0.3, -0.25) is 4.79 Å². The Kier molecular flexibility index (Phi) is 5.30. The molecule has 1 aromatic heterocycles. The number of benzene rings is 1. The highest BCUT2D eigenvalue weighted by Gasteiger charge is 2.13. The molecular formula is C17H21N5O3. The Morgan fingerprint density at radius 3 is 2.72 bits per heavy atom. The molecule has 0 bridgehead atoms. The lowest BCUT2D eigenvalue weighted by molar-refractivity contribution is 0.0950. The molecule has 3 rings (SSSR count). The summed E-state index contributed by atoms with van der Waals surface area (Å²) in [6.45, 7) is 2.16. The van der Waals surface area contributed by atoms with Crippen molar-refractivity contribution in [2.75, 3.05) is 39.3 Å². The van der Waals surface area contributed by atoms with Crippen LogP contribution in [-0.4, -0.2) is 54.8 Å². The second-order valence-corrected chi connectivity index (χ2v) is 5.90. The van der Waals surface area contributed by atoms with Gasteiger partial charge in [0.05, 0.1) is 5.56 Å². The molecule has 0 saturated heterocycles. The zero-order valence-electron chi connectivity index (χ0n) is 14.3. The average molecular weight is 343 g/mol. The largest absolute Gasteiger partial charge is 0.454 e. The lowest BCUT2D eigenvalue weighted by Gasteiger charge is -2.10. The Morgan fingerprint density at radius 1 is 1.20 bits per heavy atom. The first-order valence-electron chi connectivity index (χ1n) is 7.99. The van der Waals surface area contributed by atoms with Gasteiger partial charge in [0.1, 0.15) is 0 Å². The average Bonchev–Trinajstić information content (AvgIpc) is 3.07. The van der Waals surface area contributed by atoms with Crippen LogP contribution in [0.5, 0.6) is 11.5 Å². The molecule has 0 radical (unpaired) electrons. The van der Waals surface area contributed by atoms with Crippen molar-refractivity contribution in [1.29, 1.82) is 0 Å². The van der Waals surface area contributed by atoms with Gasteiger partial charge in [0.25, 0.3) is 5.91 Å². The van der Waals surface area contributed by atoms with Crippen molar-refractivity contribution in [3.05, 3.63) is 41.7 Å². The van der Waals surface area contributed by atoms with Gasteiger partial charge in [-0.05, 0) is 31.8 Å². The first kappa shape index (κ1) is 17.0. The lowest BCUT2D eigenvalue weighted by Crippen LogP contribution is -2.31. The van der Waals surface area contributed by atoms with E-state index in [2.05, 4.69) is 20.6 Å². The molecule has 1 aliphatic heterocycles. The molecule has 8 nitrogen and oxygen atoms in total. The molecule has 1 aliphatic rings. The fourth-order valence-corrected chi connectivity index (χ4v) is 2.26. The van der Waals surface area contributed by atoms with Gasteiger partial charge in [-0.25, -0.2) is 9.97 Å². The van der Waals surface area contributed by atoms with Gasteiger partial charge in [-0.2, -0.15) is 0 Å². The van der Waals surface area contributed by atoms with E-state index < -0.39 is 0 Å². The predicted octanol–water partition coefficient (Wildman–Crippen LogP) is 1.11. The van der Waals surface area contributed by atoms with Crippen molar-refractivity contribution in [2.24, 2.45) is 0 Å². The van der Waals surface area contributed by atoms with Crippen LogP contribution in [-0.2, 0) is 6.54 Å². The van der Waals surface area contributed by atoms with Gasteiger partial charge in [-0.1, -0.05) is 6.07 Å². The SMILES string of the molecule is CN(C)CCNC(=O)c1cnc(NCc2ccc3c(c2)OCO3)nc1. The Hall–Kier alpha value is -2.87. The van der Waals surface area contributed by atoms with Gasteiger partial charge in [-0.15, -0.1) is 0 Å². The molecule has 2 N–H and O–H groups in total. The molecule has 1 amide bonds. The maximum atomic E-state index is 12.0. The summed E-state index contributed by atoms with van der Waals surface area (Å²) in [6, 6.07) is 5.75. The number of carbonyl (C=O) groups excluding carboxylic acids is 1. The molecule has 132 valence electrons. The van der Waals surface area contributed by atoms with Crippen LogP contribution in [0.4, 0.5) is 5.95 Å². The van der Waals surface area contributed by atoms with E-state index in [0.717, 1.165) is 23.6 Å². The van der Waals surface area contributed by atoms with E-state index in [-0.39, 0.29) is 12.7 Å². The first-order valence-corrected chi connectivity index (χ1v) is 7.99. The third-order valence-corrected chi connectivity index (χ3v) is 3.65. The van der Waals surface area contributed by atoms with E-state index in [1.807, 2.05) is 37.2 Å². The van der Waals surface area contributed by atoms with Gasteiger partial charge in [0, 0.05) is 32.0 Å². The van der Waals surface area contributed by atoms with Crippen molar-refractivity contribution < 1.29 is 14.3 Å². The van der Waals surface area contributed by atoms with E-state index in [9.17, 15) is 4.79 Å². The van der Waals surface area contributed by atoms with Crippen molar-refractivity contribution in [1.82, 2.24) is 20.2 Å². The number of rotatable bonds is 7. The van der Waals surface area contributed by atoms with Crippen molar-refractivity contribution in [3.63, 3.8) is 0 Å². The minimum atomic E-state index is -0.177. The number of fused-ring (bicyclic) bond motifs is 1. The van der Waals surface area contributed by atoms with E-state index in [0.29, 0.717) is 24.6 Å². The normalized spacial score (nSPS) is 12.3. The number of hydrogen-bond donors (Lipinski definition) is 2. The highest BCUT2D eigenvalue weighted by Crippen LogP contribution is 2.32. The number of carbonyl (C=O) groups is 1. The third-order valence-electron chi connectivity index (χ3n) is 3.65. The number of nitrogens with one attached hydrogen (secondary N) is 2. The quantitative estimate of drug-likeness (QED) is 0.778. The number of likely N-dealkylation sites (N-methyl/N-ethyl adjacent to an activating group) is 1. The van der Waals surface area contributed by atoms with Crippen LogP contribution in [0.1, 0.15) is 15.9 Å². The molecule has 0 saturated carbocycles. The second-order valence-electron chi connectivity index (χ2n) is 5.90. The monoisotopic (exact) mass is 343 g/mol. The summed E-state index contributed by atoms with van der Waals surface area (Å²) < 4.78 is 10.6. The minimum Gasteiger partial charge on any atom is -0.454 e. The van der Waals surface area contributed by atoms with Crippen LogP contribution < -0.4 is 20.1 Å². The van der Waals surface area contributed by atoms with Gasteiger partial charge >= 0.3 is 0 Å². The standard InChI is InChI=1S/C17H21N5O3/c1-22(2)6-5-18-16(23)13-9-20-17(21-10-13)19-8-12-3-4-14-15(7-12)25-11-24-14/h3-4,7,9-10H,5-6,8,11H2,1-2H3,(H,18,23)(H,19,20,21). The van der Waals surface area contributed by atoms with E-state index in [1.165, 1.54) is 12.4 Å². The fraction of sp³-hybridized carbons (Fsp3) is 0.353. The van der Waals surface area contributed by atoms with Crippen LogP contribution in [0, 0.1) is 0 Å². The summed E-state index contributed by atoms with van der Waals surface area (Å²) in [5.74, 6) is 1.78. The van der Waals surface area contributed by atoms with E-state index in [1.54, 1.807) is 0 Å². The summed E-state index contributed by atoms with van der Waals surface area (Å²) in [5.41, 5.74) is 1.46. The smallest absolute Gasteiger partial charge is 0.254 e. The van der Waals surface area contributed by atoms with Gasteiger partial charge in [0.15, 0.2) is 11.5 Å². The highest BCUT2D eigenvalue weighted by molar-refractivity contribution is 5.93. The Labute approximate surface area is 146 Å². The molecular weight excluding hydrogens is 322 g/mol. The summed E-state index contributed by atoms with van der Waals surface area (Å²) in [6.07, 6.45) is 3.03. The molecule has 0 unspecified atom stereocenters. The summed E-state index contributed by atoms with van der Waals surface area (Å²) in [4.78, 5) is 22.3. The topological polar surface area (TPSA) is 88.6 Å². The number of anilines is 1. The number of nitrogens with zero attached hydrogens (tertiary/aromatic N) is 3. The predicted molar refractivity (Wildman–Crippen MR) is 92.8 cm³/mol. The molecule has 8 heteroatoms. The molecule has 0 aliphatic carbocycles. The van der Waals surface area contributed by atoms with Crippen LogP contribution >= 0.6 is 0 Å². The van der Waals surface area contributed by atoms with E-state index >= 15 is 0 Å². The molecule has 0 atom stereocenters. The molecule has 2 aromatic rings. The number of hydrogen-bond acceptors (Lipinski definition) is 7.